The first-order valence-electron chi connectivity index (χ1n) is 17.6. The molecule has 56 heavy (non-hydrogen) atoms. The van der Waals surface area contributed by atoms with Gasteiger partial charge in [-0.05, 0) is 80.1 Å². The summed E-state index contributed by atoms with van der Waals surface area (Å²) in [5, 5.41) is 4.17. The summed E-state index contributed by atoms with van der Waals surface area (Å²) < 4.78 is 52.9. The third-order valence-electron chi connectivity index (χ3n) is 9.54. The number of aromatic nitrogens is 4. The monoisotopic (exact) mass is 834 g/mol. The molecule has 2 aromatic heterocycles. The van der Waals surface area contributed by atoms with Crippen molar-refractivity contribution in [3.63, 3.8) is 0 Å². The van der Waals surface area contributed by atoms with Crippen LogP contribution in [-0.4, -0.2) is 85.3 Å². The maximum absolute atomic E-state index is 14.9. The summed E-state index contributed by atoms with van der Waals surface area (Å²) in [6, 6.07) is 21.9. The van der Waals surface area contributed by atoms with E-state index in [1.807, 2.05) is 31.2 Å². The van der Waals surface area contributed by atoms with Crippen molar-refractivity contribution in [2.45, 2.75) is 32.9 Å². The molecule has 2 atom stereocenters. The quantitative estimate of drug-likeness (QED) is 0.132. The van der Waals surface area contributed by atoms with Gasteiger partial charge in [-0.3, -0.25) is 0 Å². The van der Waals surface area contributed by atoms with Crippen molar-refractivity contribution in [1.82, 2.24) is 19.7 Å². The van der Waals surface area contributed by atoms with E-state index in [0.717, 1.165) is 53.9 Å². The minimum atomic E-state index is -1.03. The number of rotatable bonds is 10. The van der Waals surface area contributed by atoms with Crippen LogP contribution in [0.4, 0.5) is 20.3 Å². The van der Waals surface area contributed by atoms with Gasteiger partial charge in [0, 0.05) is 53.9 Å². The first-order chi connectivity index (χ1) is 26.6. The normalized spacial score (nSPS) is 17.6. The molecule has 7 rings (SSSR count). The summed E-state index contributed by atoms with van der Waals surface area (Å²) in [5.41, 5.74) is 2.20. The molecule has 0 N–H and O–H groups in total. The van der Waals surface area contributed by atoms with Crippen molar-refractivity contribution in [1.29, 1.82) is 0 Å². The second kappa shape index (κ2) is 19.0. The molecule has 12 nitrogen and oxygen atoms in total. The van der Waals surface area contributed by atoms with E-state index in [4.69, 9.17) is 19.2 Å². The number of esters is 2. The van der Waals surface area contributed by atoms with E-state index in [-0.39, 0.29) is 37.4 Å². The number of halogens is 3. The number of ether oxygens (including phenoxy) is 4. The molecule has 0 saturated carbocycles. The SMILES string of the molecule is C.COC(=O)c1ccc(Br)cc1.COC(=O)c1ccc(N2CCN(c3ccc(OC[C@@H]4CO[C@@](Cn5cncn5)(c5ccc(F)cc5F)C4)c(C)n3)CC2)cc1. The van der Waals surface area contributed by atoms with Crippen molar-refractivity contribution in [3.05, 3.63) is 130 Å². The molecule has 0 radical (unpaired) electrons. The minimum Gasteiger partial charge on any atom is -0.491 e. The second-order valence-corrected chi connectivity index (χ2v) is 14.1. The Morgan fingerprint density at radius 3 is 2.12 bits per heavy atom. The number of hydrogen-bond acceptors (Lipinski definition) is 11. The molecule has 4 heterocycles. The van der Waals surface area contributed by atoms with Crippen LogP contribution >= 0.6 is 15.9 Å². The Kier molecular flexibility index (Phi) is 14.1. The number of piperazine rings is 1. The van der Waals surface area contributed by atoms with E-state index in [0.29, 0.717) is 36.5 Å². The molecule has 0 aliphatic carbocycles. The van der Waals surface area contributed by atoms with Gasteiger partial charge >= 0.3 is 11.9 Å². The molecular formula is C41H45BrF2N6O6. The van der Waals surface area contributed by atoms with Crippen LogP contribution in [0.1, 0.15) is 45.8 Å². The molecule has 0 amide bonds. The van der Waals surface area contributed by atoms with Gasteiger partial charge in [-0.1, -0.05) is 29.4 Å². The smallest absolute Gasteiger partial charge is 0.337 e. The lowest BCUT2D eigenvalue weighted by molar-refractivity contribution is -0.0206. The first-order valence-corrected chi connectivity index (χ1v) is 18.4. The zero-order valence-corrected chi connectivity index (χ0v) is 32.2. The van der Waals surface area contributed by atoms with E-state index in [9.17, 15) is 18.4 Å². The molecule has 5 aromatic rings. The standard InChI is InChI=1S/C32H34F2N6O4.C8H7BrO2.CH4/c1-22-29(9-10-30(37-22)39-13-11-38(12-14-39)26-6-3-24(4-7-26)31(41)42-2)43-17-23-16-32(44-18-23,19-40-21-35-20-36-40)27-8-5-25(33)15-28(27)34;1-11-8(10)6-2-4-7(9)5-3-6;/h3-10,15,20-21,23H,11-14,16-19H2,1-2H3;2-5H,1H3;1H4/t23-,32+;;/m1../s1. The number of carbonyl (C=O) groups is 2. The van der Waals surface area contributed by atoms with Crippen LogP contribution in [0.25, 0.3) is 0 Å². The molecule has 2 fully saturated rings. The van der Waals surface area contributed by atoms with Crippen LogP contribution in [0.2, 0.25) is 0 Å². The van der Waals surface area contributed by atoms with Gasteiger partial charge in [-0.15, -0.1) is 0 Å². The lowest BCUT2D eigenvalue weighted by atomic mass is 9.87. The van der Waals surface area contributed by atoms with Crippen LogP contribution in [0.3, 0.4) is 0 Å². The topological polar surface area (TPSA) is 121 Å². The van der Waals surface area contributed by atoms with Gasteiger partial charge in [-0.2, -0.15) is 5.10 Å². The summed E-state index contributed by atoms with van der Waals surface area (Å²) in [6.07, 6.45) is 3.43. The van der Waals surface area contributed by atoms with E-state index in [1.165, 1.54) is 32.7 Å². The fraction of sp³-hybridized carbons (Fsp3) is 0.341. The molecule has 3 aromatic carbocycles. The average molecular weight is 836 g/mol. The van der Waals surface area contributed by atoms with Crippen molar-refractivity contribution in [3.8, 4) is 5.75 Å². The van der Waals surface area contributed by atoms with E-state index in [1.54, 1.807) is 47.4 Å². The van der Waals surface area contributed by atoms with Crippen molar-refractivity contribution in [2.75, 3.05) is 63.4 Å². The Morgan fingerprint density at radius 1 is 0.893 bits per heavy atom. The van der Waals surface area contributed by atoms with Crippen molar-refractivity contribution in [2.24, 2.45) is 5.92 Å². The third kappa shape index (κ3) is 10.1. The van der Waals surface area contributed by atoms with E-state index < -0.39 is 17.2 Å². The Labute approximate surface area is 333 Å². The van der Waals surface area contributed by atoms with Crippen LogP contribution in [0, 0.1) is 24.5 Å². The fourth-order valence-corrected chi connectivity index (χ4v) is 6.95. The predicted molar refractivity (Wildman–Crippen MR) is 211 cm³/mol. The number of carbonyl (C=O) groups excluding carboxylic acids is 2. The maximum Gasteiger partial charge on any atom is 0.337 e. The van der Waals surface area contributed by atoms with Crippen LogP contribution < -0.4 is 14.5 Å². The lowest BCUT2D eigenvalue weighted by Crippen LogP contribution is -2.46. The Balaban J connectivity index is 0.000000433. The van der Waals surface area contributed by atoms with Gasteiger partial charge in [0.05, 0.1) is 50.8 Å². The molecule has 0 unspecified atom stereocenters. The second-order valence-electron chi connectivity index (χ2n) is 13.2. The summed E-state index contributed by atoms with van der Waals surface area (Å²) in [5.74, 6) is -0.407. The van der Waals surface area contributed by atoms with E-state index in [2.05, 4.69) is 40.5 Å². The molecule has 0 spiro atoms. The summed E-state index contributed by atoms with van der Waals surface area (Å²) in [7, 11) is 2.74. The molecular weight excluding hydrogens is 790 g/mol. The average Bonchev–Trinajstić information content (AvgIpc) is 3.88. The van der Waals surface area contributed by atoms with Gasteiger partial charge in [0.1, 0.15) is 41.5 Å². The number of aryl methyl sites for hydroxylation is 1. The number of methoxy groups -OCH3 is 2. The molecule has 2 saturated heterocycles. The molecule has 15 heteroatoms. The highest BCUT2D eigenvalue weighted by molar-refractivity contribution is 9.10. The largest absolute Gasteiger partial charge is 0.491 e. The van der Waals surface area contributed by atoms with Gasteiger partial charge in [-0.25, -0.2) is 33.0 Å². The zero-order chi connectivity index (χ0) is 39.0. The molecule has 2 aliphatic heterocycles. The lowest BCUT2D eigenvalue weighted by Gasteiger charge is -2.37. The van der Waals surface area contributed by atoms with Crippen molar-refractivity contribution < 1.29 is 37.3 Å². The van der Waals surface area contributed by atoms with Crippen LogP contribution in [0.15, 0.2) is 96.0 Å². The first kappa shape index (κ1) is 41.7. The minimum absolute atomic E-state index is 0. The summed E-state index contributed by atoms with van der Waals surface area (Å²) in [4.78, 5) is 36.0. The van der Waals surface area contributed by atoms with Gasteiger partial charge < -0.3 is 28.7 Å². The van der Waals surface area contributed by atoms with Crippen molar-refractivity contribution >= 4 is 39.4 Å². The van der Waals surface area contributed by atoms with Gasteiger partial charge in [0.2, 0.25) is 0 Å². The molecule has 2 aliphatic rings. The fourth-order valence-electron chi connectivity index (χ4n) is 6.68. The highest BCUT2D eigenvalue weighted by Gasteiger charge is 2.44. The van der Waals surface area contributed by atoms with Gasteiger partial charge in [0.15, 0.2) is 0 Å². The van der Waals surface area contributed by atoms with Gasteiger partial charge in [0.25, 0.3) is 0 Å². The number of nitrogens with zero attached hydrogens (tertiary/aromatic N) is 6. The number of anilines is 2. The number of pyridine rings is 1. The van der Waals surface area contributed by atoms with E-state index >= 15 is 0 Å². The third-order valence-corrected chi connectivity index (χ3v) is 10.1. The summed E-state index contributed by atoms with van der Waals surface area (Å²) >= 11 is 3.26. The number of benzene rings is 3. The Hall–Kier alpha value is -5.41. The summed E-state index contributed by atoms with van der Waals surface area (Å²) in [6.45, 7) is 6.13. The Morgan fingerprint density at radius 2 is 1.54 bits per heavy atom. The predicted octanol–water partition coefficient (Wildman–Crippen LogP) is 7.26. The maximum atomic E-state index is 14.9. The molecule has 0 bridgehead atoms. The number of hydrogen-bond donors (Lipinski definition) is 0. The van der Waals surface area contributed by atoms with Crippen LogP contribution in [-0.2, 0) is 26.4 Å². The Bertz CT molecular complexity index is 2060. The zero-order valence-electron chi connectivity index (χ0n) is 30.7. The van der Waals surface area contributed by atoms with Crippen LogP contribution in [0.5, 0.6) is 5.75 Å². The highest BCUT2D eigenvalue weighted by Crippen LogP contribution is 2.42. The highest BCUT2D eigenvalue weighted by atomic mass is 79.9. The molecule has 296 valence electrons.